The third-order valence-electron chi connectivity index (χ3n) is 2.31. The minimum atomic E-state index is 0.820. The van der Waals surface area contributed by atoms with E-state index < -0.39 is 0 Å². The summed E-state index contributed by atoms with van der Waals surface area (Å²) in [7, 11) is 1.74. The highest BCUT2D eigenvalue weighted by molar-refractivity contribution is 4.70. The van der Waals surface area contributed by atoms with Crippen LogP contribution in [0.1, 0.15) is 12.8 Å². The van der Waals surface area contributed by atoms with E-state index in [1.54, 1.807) is 7.11 Å². The molecule has 0 bridgehead atoms. The van der Waals surface area contributed by atoms with Gasteiger partial charge < -0.3 is 15.4 Å². The van der Waals surface area contributed by atoms with Crippen molar-refractivity contribution in [1.82, 2.24) is 10.6 Å². The molecule has 1 atom stereocenters. The van der Waals surface area contributed by atoms with Gasteiger partial charge in [0.2, 0.25) is 0 Å². The van der Waals surface area contributed by atoms with E-state index in [2.05, 4.69) is 10.6 Å². The summed E-state index contributed by atoms with van der Waals surface area (Å²) >= 11 is 0. The van der Waals surface area contributed by atoms with E-state index in [-0.39, 0.29) is 0 Å². The molecule has 0 aromatic rings. The Morgan fingerprint density at radius 2 is 2.50 bits per heavy atom. The Morgan fingerprint density at radius 3 is 3.17 bits per heavy atom. The lowest BCUT2D eigenvalue weighted by Gasteiger charge is -2.22. The van der Waals surface area contributed by atoms with E-state index in [0.717, 1.165) is 25.6 Å². The molecule has 12 heavy (non-hydrogen) atoms. The zero-order chi connectivity index (χ0) is 8.65. The maximum absolute atomic E-state index is 4.95. The summed E-state index contributed by atoms with van der Waals surface area (Å²) in [4.78, 5) is 0. The minimum Gasteiger partial charge on any atom is -0.383 e. The van der Waals surface area contributed by atoms with Gasteiger partial charge in [-0.2, -0.15) is 0 Å². The lowest BCUT2D eigenvalue weighted by atomic mass is 10.00. The Hall–Kier alpha value is -0.120. The van der Waals surface area contributed by atoms with Crippen molar-refractivity contribution in [2.45, 2.75) is 12.8 Å². The van der Waals surface area contributed by atoms with Gasteiger partial charge in [0, 0.05) is 13.7 Å². The van der Waals surface area contributed by atoms with Crippen LogP contribution in [0, 0.1) is 5.92 Å². The van der Waals surface area contributed by atoms with Crippen LogP contribution in [-0.2, 0) is 4.74 Å². The van der Waals surface area contributed by atoms with Gasteiger partial charge in [-0.05, 0) is 38.4 Å². The summed E-state index contributed by atoms with van der Waals surface area (Å²) in [5.41, 5.74) is 0. The molecule has 0 saturated carbocycles. The van der Waals surface area contributed by atoms with Gasteiger partial charge in [-0.25, -0.2) is 0 Å². The van der Waals surface area contributed by atoms with E-state index in [0.29, 0.717) is 0 Å². The van der Waals surface area contributed by atoms with Crippen molar-refractivity contribution in [3.05, 3.63) is 0 Å². The number of methoxy groups -OCH3 is 1. The summed E-state index contributed by atoms with van der Waals surface area (Å²) in [6, 6.07) is 0. The molecule has 3 heteroatoms. The molecule has 0 aromatic heterocycles. The number of piperidine rings is 1. The Morgan fingerprint density at radius 1 is 1.58 bits per heavy atom. The molecule has 1 saturated heterocycles. The van der Waals surface area contributed by atoms with Gasteiger partial charge in [-0.1, -0.05) is 0 Å². The average Bonchev–Trinajstić information content (AvgIpc) is 2.14. The quantitative estimate of drug-likeness (QED) is 0.582. The van der Waals surface area contributed by atoms with Crippen LogP contribution in [-0.4, -0.2) is 39.9 Å². The standard InChI is InChI=1S/C9H20N2O/c1-12-6-5-11-8-9-3-2-4-10-7-9/h9-11H,2-8H2,1H3. The SMILES string of the molecule is COCCNCC1CCCNC1. The van der Waals surface area contributed by atoms with Crippen molar-refractivity contribution in [3.63, 3.8) is 0 Å². The summed E-state index contributed by atoms with van der Waals surface area (Å²) in [5, 5.41) is 6.80. The van der Waals surface area contributed by atoms with E-state index in [1.807, 2.05) is 0 Å². The normalized spacial score (nSPS) is 24.2. The number of hydrogen-bond donors (Lipinski definition) is 2. The topological polar surface area (TPSA) is 33.3 Å². The van der Waals surface area contributed by atoms with Crippen LogP contribution in [0.5, 0.6) is 0 Å². The van der Waals surface area contributed by atoms with Gasteiger partial charge in [0.1, 0.15) is 0 Å². The molecule has 0 spiro atoms. The predicted molar refractivity (Wildman–Crippen MR) is 50.3 cm³/mol. The number of nitrogens with one attached hydrogen (secondary N) is 2. The maximum Gasteiger partial charge on any atom is 0.0587 e. The van der Waals surface area contributed by atoms with Gasteiger partial charge in [0.25, 0.3) is 0 Å². The Labute approximate surface area is 74.9 Å². The Balaban J connectivity index is 1.91. The molecule has 1 aliphatic rings. The predicted octanol–water partition coefficient (Wildman–Crippen LogP) is 0.222. The summed E-state index contributed by atoms with van der Waals surface area (Å²) < 4.78 is 4.95. The Kier molecular flexibility index (Phi) is 5.32. The lowest BCUT2D eigenvalue weighted by Crippen LogP contribution is -2.36. The third kappa shape index (κ3) is 4.04. The zero-order valence-electron chi connectivity index (χ0n) is 7.94. The smallest absolute Gasteiger partial charge is 0.0587 e. The lowest BCUT2D eigenvalue weighted by molar-refractivity contribution is 0.196. The largest absolute Gasteiger partial charge is 0.383 e. The van der Waals surface area contributed by atoms with Crippen LogP contribution in [0.3, 0.4) is 0 Å². The van der Waals surface area contributed by atoms with Gasteiger partial charge in [-0.15, -0.1) is 0 Å². The fourth-order valence-electron chi connectivity index (χ4n) is 1.58. The van der Waals surface area contributed by atoms with Crippen molar-refractivity contribution in [2.24, 2.45) is 5.92 Å². The first-order valence-electron chi connectivity index (χ1n) is 4.84. The molecule has 3 nitrogen and oxygen atoms in total. The first-order chi connectivity index (χ1) is 5.93. The third-order valence-corrected chi connectivity index (χ3v) is 2.31. The molecule has 0 radical (unpaired) electrons. The van der Waals surface area contributed by atoms with Crippen LogP contribution >= 0.6 is 0 Å². The van der Waals surface area contributed by atoms with Gasteiger partial charge in [-0.3, -0.25) is 0 Å². The van der Waals surface area contributed by atoms with Crippen LogP contribution in [0.25, 0.3) is 0 Å². The molecule has 0 aromatic carbocycles. The fourth-order valence-corrected chi connectivity index (χ4v) is 1.58. The van der Waals surface area contributed by atoms with Crippen LogP contribution in [0.15, 0.2) is 0 Å². The zero-order valence-corrected chi connectivity index (χ0v) is 7.94. The molecular weight excluding hydrogens is 152 g/mol. The molecule has 2 N–H and O–H groups in total. The molecule has 1 rings (SSSR count). The van der Waals surface area contributed by atoms with E-state index in [9.17, 15) is 0 Å². The number of rotatable bonds is 5. The van der Waals surface area contributed by atoms with Gasteiger partial charge >= 0.3 is 0 Å². The highest BCUT2D eigenvalue weighted by Gasteiger charge is 2.11. The van der Waals surface area contributed by atoms with Gasteiger partial charge in [0.15, 0.2) is 0 Å². The molecule has 1 heterocycles. The molecular formula is C9H20N2O. The van der Waals surface area contributed by atoms with Crippen LogP contribution in [0.2, 0.25) is 0 Å². The highest BCUT2D eigenvalue weighted by atomic mass is 16.5. The second-order valence-corrected chi connectivity index (χ2v) is 3.41. The summed E-state index contributed by atoms with van der Waals surface area (Å²) in [6.45, 7) is 5.32. The van der Waals surface area contributed by atoms with Crippen LogP contribution in [0.4, 0.5) is 0 Å². The van der Waals surface area contributed by atoms with E-state index in [1.165, 1.54) is 25.9 Å². The van der Waals surface area contributed by atoms with Gasteiger partial charge in [0.05, 0.1) is 6.61 Å². The fraction of sp³-hybridized carbons (Fsp3) is 1.00. The molecule has 0 aliphatic carbocycles. The van der Waals surface area contributed by atoms with Crippen molar-refractivity contribution >= 4 is 0 Å². The number of hydrogen-bond acceptors (Lipinski definition) is 3. The second-order valence-electron chi connectivity index (χ2n) is 3.41. The summed E-state index contributed by atoms with van der Waals surface area (Å²) in [5.74, 6) is 0.829. The highest BCUT2D eigenvalue weighted by Crippen LogP contribution is 2.07. The first kappa shape index (κ1) is 9.96. The van der Waals surface area contributed by atoms with Crippen molar-refractivity contribution in [2.75, 3.05) is 39.9 Å². The molecule has 0 amide bonds. The van der Waals surface area contributed by atoms with Crippen molar-refractivity contribution < 1.29 is 4.74 Å². The monoisotopic (exact) mass is 172 g/mol. The van der Waals surface area contributed by atoms with E-state index in [4.69, 9.17) is 4.74 Å². The van der Waals surface area contributed by atoms with Crippen molar-refractivity contribution in [3.8, 4) is 0 Å². The van der Waals surface area contributed by atoms with Crippen LogP contribution < -0.4 is 10.6 Å². The molecule has 1 unspecified atom stereocenters. The molecule has 1 fully saturated rings. The second kappa shape index (κ2) is 6.40. The molecule has 72 valence electrons. The van der Waals surface area contributed by atoms with E-state index >= 15 is 0 Å². The molecule has 1 aliphatic heterocycles. The average molecular weight is 172 g/mol. The first-order valence-corrected chi connectivity index (χ1v) is 4.84. The minimum absolute atomic E-state index is 0.820. The Bertz CT molecular complexity index is 103. The van der Waals surface area contributed by atoms with Crippen molar-refractivity contribution in [1.29, 1.82) is 0 Å². The summed E-state index contributed by atoms with van der Waals surface area (Å²) in [6.07, 6.45) is 2.70. The number of ether oxygens (including phenoxy) is 1. The maximum atomic E-state index is 4.95.